The van der Waals surface area contributed by atoms with Crippen molar-refractivity contribution >= 4 is 61.6 Å². The molecule has 0 radical (unpaired) electrons. The van der Waals surface area contributed by atoms with E-state index in [0.29, 0.717) is 83.6 Å². The molecule has 1 aromatic carbocycles. The van der Waals surface area contributed by atoms with Gasteiger partial charge >= 0.3 is 0 Å². The van der Waals surface area contributed by atoms with Gasteiger partial charge in [-0.15, -0.1) is 17.9 Å². The lowest BCUT2D eigenvalue weighted by Gasteiger charge is -2.40. The number of pyridine rings is 1. The first-order valence-corrected chi connectivity index (χ1v) is 23.5. The number of morpholine rings is 1. The van der Waals surface area contributed by atoms with Crippen LogP contribution in [0.3, 0.4) is 0 Å². The SMILES string of the molecule is C=C[C@@H]1C[C@]1(NC(=O)[C@@H]1C[C@@H](Oc2cc(-c3nc(C(C)C)cs3)nc3c(Cl)c(OCCN4CCOCC4)ccc23)[C@H]2CC[C@H](C(C)C)C(=O)N21)C(=O)NS(=O)(=O)C1CC1. The second-order valence-corrected chi connectivity index (χ2v) is 20.3. The summed E-state index contributed by atoms with van der Waals surface area (Å²) < 4.78 is 46.4. The molecule has 2 saturated carbocycles. The van der Waals surface area contributed by atoms with Crippen LogP contribution in [0.4, 0.5) is 0 Å². The number of carbonyl (C=O) groups excluding carboxylic acids is 3. The van der Waals surface area contributed by atoms with Gasteiger partial charge in [0.15, 0.2) is 0 Å². The third-order valence-corrected chi connectivity index (χ3v) is 15.6. The normalized spacial score (nSPS) is 27.2. The Morgan fingerprint density at radius 2 is 1.88 bits per heavy atom. The molecule has 14 nitrogen and oxygen atoms in total. The molecular formula is C42H53ClN6O8S2. The van der Waals surface area contributed by atoms with Crippen LogP contribution >= 0.6 is 22.9 Å². The molecule has 5 aliphatic rings. The van der Waals surface area contributed by atoms with E-state index >= 15 is 0 Å². The van der Waals surface area contributed by atoms with Crippen LogP contribution in [0.2, 0.25) is 5.02 Å². The van der Waals surface area contributed by atoms with Crippen LogP contribution in [0, 0.1) is 17.8 Å². The summed E-state index contributed by atoms with van der Waals surface area (Å²) in [7, 11) is -3.87. The molecular weight excluding hydrogens is 816 g/mol. The Balaban J connectivity index is 1.11. The van der Waals surface area contributed by atoms with E-state index in [2.05, 4.69) is 35.4 Å². The fourth-order valence-corrected chi connectivity index (χ4v) is 11.2. The summed E-state index contributed by atoms with van der Waals surface area (Å²) in [5.74, 6) is -0.993. The number of hydrogen-bond donors (Lipinski definition) is 2. The number of ether oxygens (including phenoxy) is 3. The van der Waals surface area contributed by atoms with Crippen LogP contribution in [-0.4, -0.2) is 114 Å². The number of hydrogen-bond acceptors (Lipinski definition) is 12. The Kier molecular flexibility index (Phi) is 11.8. The number of aromatic nitrogens is 2. The lowest BCUT2D eigenvalue weighted by Crippen LogP contribution is -2.59. The molecule has 0 unspecified atom stereocenters. The number of carbonyl (C=O) groups is 3. The summed E-state index contributed by atoms with van der Waals surface area (Å²) in [6, 6.07) is 4.12. The number of nitrogens with zero attached hydrogens (tertiary/aromatic N) is 4. The topological polar surface area (TPSA) is 169 Å². The lowest BCUT2D eigenvalue weighted by molar-refractivity contribution is -0.149. The largest absolute Gasteiger partial charge is 0.491 e. The fraction of sp³-hybridized carbons (Fsp3) is 0.595. The molecule has 8 rings (SSSR count). The van der Waals surface area contributed by atoms with Crippen LogP contribution in [0.5, 0.6) is 11.5 Å². The number of thiazole rings is 1. The lowest BCUT2D eigenvalue weighted by atomic mass is 9.84. The molecule has 318 valence electrons. The second kappa shape index (κ2) is 16.6. The molecule has 6 atom stereocenters. The average molecular weight is 870 g/mol. The van der Waals surface area contributed by atoms with Gasteiger partial charge in [0, 0.05) is 54.7 Å². The number of piperidine rings is 1. The number of nitrogens with one attached hydrogen (secondary N) is 2. The van der Waals surface area contributed by atoms with Gasteiger partial charge in [-0.3, -0.25) is 24.0 Å². The molecule has 17 heteroatoms. The third kappa shape index (κ3) is 8.31. The predicted molar refractivity (Wildman–Crippen MR) is 225 cm³/mol. The summed E-state index contributed by atoms with van der Waals surface area (Å²) in [5.41, 5.74) is 0.501. The van der Waals surface area contributed by atoms with Crippen molar-refractivity contribution in [3.05, 3.63) is 47.0 Å². The van der Waals surface area contributed by atoms with Gasteiger partial charge in [-0.2, -0.15) is 0 Å². The van der Waals surface area contributed by atoms with Crippen molar-refractivity contribution in [2.45, 2.75) is 101 Å². The zero-order chi connectivity index (χ0) is 41.8. The highest BCUT2D eigenvalue weighted by Gasteiger charge is 2.62. The Labute approximate surface area is 354 Å². The van der Waals surface area contributed by atoms with Gasteiger partial charge in [0.25, 0.3) is 5.91 Å². The van der Waals surface area contributed by atoms with Crippen LogP contribution in [0.15, 0.2) is 36.2 Å². The van der Waals surface area contributed by atoms with E-state index in [1.54, 1.807) is 11.0 Å². The summed E-state index contributed by atoms with van der Waals surface area (Å²) in [5, 5.41) is 5.98. The molecule has 2 aromatic heterocycles. The molecule has 5 heterocycles. The summed E-state index contributed by atoms with van der Waals surface area (Å²) in [6.45, 7) is 16.2. The van der Waals surface area contributed by atoms with E-state index in [4.69, 9.17) is 35.8 Å². The van der Waals surface area contributed by atoms with Crippen molar-refractivity contribution in [1.29, 1.82) is 0 Å². The van der Waals surface area contributed by atoms with E-state index in [1.165, 1.54) is 11.3 Å². The molecule has 5 fully saturated rings. The average Bonchev–Trinajstić information content (AvgIpc) is 4.10. The van der Waals surface area contributed by atoms with Crippen LogP contribution in [0.1, 0.15) is 77.8 Å². The maximum Gasteiger partial charge on any atom is 0.259 e. The van der Waals surface area contributed by atoms with Gasteiger partial charge in [-0.1, -0.05) is 45.4 Å². The predicted octanol–water partition coefficient (Wildman–Crippen LogP) is 5.30. The van der Waals surface area contributed by atoms with E-state index in [9.17, 15) is 22.8 Å². The molecule has 3 aliphatic heterocycles. The first-order chi connectivity index (χ1) is 28.2. The number of amides is 3. The van der Waals surface area contributed by atoms with E-state index in [0.717, 1.165) is 25.3 Å². The van der Waals surface area contributed by atoms with E-state index in [-0.39, 0.29) is 36.5 Å². The number of sulfonamides is 1. The number of benzene rings is 1. The van der Waals surface area contributed by atoms with Crippen molar-refractivity contribution in [3.63, 3.8) is 0 Å². The number of fused-ring (bicyclic) bond motifs is 2. The van der Waals surface area contributed by atoms with Gasteiger partial charge in [-0.25, -0.2) is 18.4 Å². The Morgan fingerprint density at radius 3 is 2.54 bits per heavy atom. The Morgan fingerprint density at radius 1 is 1.12 bits per heavy atom. The van der Waals surface area contributed by atoms with Gasteiger partial charge in [0.1, 0.15) is 51.5 Å². The van der Waals surface area contributed by atoms with Gasteiger partial charge < -0.3 is 24.4 Å². The van der Waals surface area contributed by atoms with Crippen LogP contribution in [0.25, 0.3) is 21.6 Å². The molecule has 59 heavy (non-hydrogen) atoms. The second-order valence-electron chi connectivity index (χ2n) is 17.1. The maximum absolute atomic E-state index is 14.5. The highest BCUT2D eigenvalue weighted by Crippen LogP contribution is 2.47. The minimum absolute atomic E-state index is 0.0404. The quantitative estimate of drug-likeness (QED) is 0.190. The first kappa shape index (κ1) is 41.9. The number of rotatable bonds is 15. The summed E-state index contributed by atoms with van der Waals surface area (Å²) in [6.07, 6.45) is 3.50. The zero-order valence-corrected chi connectivity index (χ0v) is 36.3. The highest BCUT2D eigenvalue weighted by molar-refractivity contribution is 7.91. The standard InChI is InChI=1S/C42H53ClN6O8S2/c1-6-25-21-42(25,41(52)47-59(53,54)26-7-8-26)46-38(50)32-20-35(31-11-9-27(23(2)3)40(51)49(31)32)57-34-19-29(39-45-30(22-58-39)24(4)5)44-37-28(34)10-12-33(36(37)43)56-18-15-48-13-16-55-17-14-48/h6,10,12,19,22-27,31-32,35H,1,7-9,11,13-18,20-21H2,2-5H3,(H,46,50)(H,47,52)/t25-,27-,31-,32+,35-,42-/m1/s1. The van der Waals surface area contributed by atoms with Crippen LogP contribution < -0.4 is 19.5 Å². The van der Waals surface area contributed by atoms with Gasteiger partial charge in [-0.05, 0) is 56.1 Å². The smallest absolute Gasteiger partial charge is 0.259 e. The molecule has 2 N–H and O–H groups in total. The summed E-state index contributed by atoms with van der Waals surface area (Å²) in [4.78, 5) is 56.2. The fourth-order valence-electron chi connectivity index (χ4n) is 8.67. The first-order valence-electron chi connectivity index (χ1n) is 20.7. The van der Waals surface area contributed by atoms with Crippen molar-refractivity contribution in [2.24, 2.45) is 17.8 Å². The van der Waals surface area contributed by atoms with E-state index < -0.39 is 56.7 Å². The Bertz CT molecular complexity index is 2240. The third-order valence-electron chi connectivity index (χ3n) is 12.5. The van der Waals surface area contributed by atoms with E-state index in [1.807, 2.05) is 37.4 Å². The van der Waals surface area contributed by atoms with Gasteiger partial charge in [0.2, 0.25) is 21.8 Å². The summed E-state index contributed by atoms with van der Waals surface area (Å²) >= 11 is 8.59. The van der Waals surface area contributed by atoms with Crippen LogP contribution in [-0.2, 0) is 29.1 Å². The Hall–Kier alpha value is -3.83. The maximum atomic E-state index is 14.5. The van der Waals surface area contributed by atoms with Crippen molar-refractivity contribution in [1.82, 2.24) is 29.8 Å². The minimum atomic E-state index is -3.87. The molecule has 3 aromatic rings. The zero-order valence-electron chi connectivity index (χ0n) is 33.9. The molecule has 3 amide bonds. The van der Waals surface area contributed by atoms with Crippen molar-refractivity contribution in [3.8, 4) is 22.2 Å². The molecule has 0 spiro atoms. The van der Waals surface area contributed by atoms with Gasteiger partial charge in [0.05, 0.1) is 35.7 Å². The molecule has 0 bridgehead atoms. The number of halogens is 1. The monoisotopic (exact) mass is 868 g/mol. The highest BCUT2D eigenvalue weighted by atomic mass is 35.5. The molecule has 2 aliphatic carbocycles. The van der Waals surface area contributed by atoms with Crippen molar-refractivity contribution < 1.29 is 37.0 Å². The van der Waals surface area contributed by atoms with Crippen molar-refractivity contribution in [2.75, 3.05) is 39.5 Å². The molecule has 3 saturated heterocycles. The minimum Gasteiger partial charge on any atom is -0.491 e.